The average Bonchev–Trinajstić information content (AvgIpc) is 2.37. The van der Waals surface area contributed by atoms with Crippen molar-refractivity contribution in [2.45, 2.75) is 45.8 Å². The van der Waals surface area contributed by atoms with E-state index in [4.69, 9.17) is 0 Å². The first-order valence-corrected chi connectivity index (χ1v) is 7.84. The molecule has 100 valence electrons. The van der Waals surface area contributed by atoms with Crippen molar-refractivity contribution >= 4 is 16.6 Å². The number of carbonyl (C=O) groups is 1. The molecule has 0 bridgehead atoms. The quantitative estimate of drug-likeness (QED) is 0.739. The Morgan fingerprint density at radius 3 is 2.50 bits per heavy atom. The molecule has 1 aromatic carbocycles. The summed E-state index contributed by atoms with van der Waals surface area (Å²) in [5.41, 5.74) is 2.95. The highest BCUT2D eigenvalue weighted by atomic mass is 32.2. The predicted molar refractivity (Wildman–Crippen MR) is 77.6 cm³/mol. The summed E-state index contributed by atoms with van der Waals surface area (Å²) in [7, 11) is -1.06. The topological polar surface area (TPSA) is 34.1 Å². The second-order valence-corrected chi connectivity index (χ2v) is 6.62. The minimum absolute atomic E-state index is 0.00691. The van der Waals surface area contributed by atoms with Gasteiger partial charge in [0, 0.05) is 22.1 Å². The van der Waals surface area contributed by atoms with Gasteiger partial charge in [0.25, 0.3) is 0 Å². The summed E-state index contributed by atoms with van der Waals surface area (Å²) >= 11 is 0. The van der Waals surface area contributed by atoms with E-state index in [1.165, 1.54) is 5.56 Å². The molecule has 0 fully saturated rings. The summed E-state index contributed by atoms with van der Waals surface area (Å²) in [5.74, 6) is 0.612. The van der Waals surface area contributed by atoms with Crippen LogP contribution in [0, 0.1) is 13.8 Å². The normalized spacial score (nSPS) is 14.2. The number of Topliss-reactive ketones (excluding diaryl/α,β-unsaturated/α-hetero) is 1. The van der Waals surface area contributed by atoms with Crippen LogP contribution in [-0.2, 0) is 10.8 Å². The molecule has 3 heteroatoms. The zero-order valence-corrected chi connectivity index (χ0v) is 12.5. The molecular weight excluding hydrogens is 244 g/mol. The van der Waals surface area contributed by atoms with Crippen LogP contribution in [0.5, 0.6) is 0 Å². The zero-order chi connectivity index (χ0) is 13.7. The first kappa shape index (κ1) is 15.1. The maximum absolute atomic E-state index is 12.2. The first-order chi connectivity index (χ1) is 8.47. The second-order valence-electron chi connectivity index (χ2n) is 4.74. The van der Waals surface area contributed by atoms with Gasteiger partial charge in [0.05, 0.1) is 5.25 Å². The van der Waals surface area contributed by atoms with Crippen molar-refractivity contribution in [1.82, 2.24) is 0 Å². The third-order valence-electron chi connectivity index (χ3n) is 3.25. The highest BCUT2D eigenvalue weighted by Gasteiger charge is 2.21. The third kappa shape index (κ3) is 3.77. The molecule has 0 aliphatic heterocycles. The van der Waals surface area contributed by atoms with Gasteiger partial charge in [-0.05, 0) is 44.4 Å². The lowest BCUT2D eigenvalue weighted by atomic mass is 10.0. The summed E-state index contributed by atoms with van der Waals surface area (Å²) in [6, 6.07) is 5.67. The molecule has 0 saturated carbocycles. The number of carbonyl (C=O) groups excluding carboxylic acids is 1. The summed E-state index contributed by atoms with van der Waals surface area (Å²) < 4.78 is 12.0. The Kier molecular flexibility index (Phi) is 5.73. The third-order valence-corrected chi connectivity index (χ3v) is 4.95. The maximum atomic E-state index is 12.2. The number of aryl methyl sites for hydroxylation is 2. The van der Waals surface area contributed by atoms with Crippen molar-refractivity contribution in [3.05, 3.63) is 34.9 Å². The van der Waals surface area contributed by atoms with Crippen molar-refractivity contribution in [3.8, 4) is 0 Å². The van der Waals surface area contributed by atoms with E-state index < -0.39 is 16.0 Å². The Labute approximate surface area is 112 Å². The Bertz CT molecular complexity index is 452. The van der Waals surface area contributed by atoms with Crippen LogP contribution >= 0.6 is 0 Å². The van der Waals surface area contributed by atoms with Crippen LogP contribution in [0.2, 0.25) is 0 Å². The molecule has 0 saturated heterocycles. The fourth-order valence-corrected chi connectivity index (χ4v) is 3.01. The molecule has 2 nitrogen and oxygen atoms in total. The number of rotatable bonds is 6. The molecular formula is C15H22O2S. The van der Waals surface area contributed by atoms with Gasteiger partial charge in [-0.25, -0.2) is 0 Å². The van der Waals surface area contributed by atoms with Crippen molar-refractivity contribution < 1.29 is 9.00 Å². The molecule has 0 aliphatic carbocycles. The summed E-state index contributed by atoms with van der Waals surface area (Å²) in [6.07, 6.45) is 1.92. The Morgan fingerprint density at radius 2 is 1.94 bits per heavy atom. The molecule has 0 spiro atoms. The van der Waals surface area contributed by atoms with Crippen molar-refractivity contribution in [1.29, 1.82) is 0 Å². The molecule has 0 aliphatic rings. The molecule has 0 N–H and O–H groups in total. The Hall–Kier alpha value is -0.960. The van der Waals surface area contributed by atoms with Gasteiger partial charge in [-0.1, -0.05) is 25.5 Å². The van der Waals surface area contributed by atoms with E-state index in [2.05, 4.69) is 6.92 Å². The monoisotopic (exact) mass is 266 g/mol. The van der Waals surface area contributed by atoms with E-state index in [0.29, 0.717) is 11.3 Å². The summed E-state index contributed by atoms with van der Waals surface area (Å²) in [4.78, 5) is 12.2. The smallest absolute Gasteiger partial charge is 0.178 e. The molecule has 2 atom stereocenters. The van der Waals surface area contributed by atoms with Crippen LogP contribution in [0.1, 0.15) is 48.2 Å². The fraction of sp³-hybridized carbons (Fsp3) is 0.533. The van der Waals surface area contributed by atoms with Gasteiger partial charge in [0.15, 0.2) is 5.78 Å². The number of ketones is 1. The highest BCUT2D eigenvalue weighted by molar-refractivity contribution is 7.86. The molecule has 0 radical (unpaired) electrons. The Balaban J connectivity index is 2.79. The van der Waals surface area contributed by atoms with Crippen LogP contribution < -0.4 is 0 Å². The van der Waals surface area contributed by atoms with Crippen LogP contribution in [0.3, 0.4) is 0 Å². The van der Waals surface area contributed by atoms with Crippen LogP contribution in [-0.4, -0.2) is 21.0 Å². The van der Waals surface area contributed by atoms with Crippen molar-refractivity contribution in [2.24, 2.45) is 0 Å². The number of unbranched alkanes of at least 4 members (excludes halogenated alkanes) is 1. The van der Waals surface area contributed by atoms with Gasteiger partial charge < -0.3 is 0 Å². The summed E-state index contributed by atoms with van der Waals surface area (Å²) in [5, 5.41) is -0.404. The predicted octanol–water partition coefficient (Wildman–Crippen LogP) is 3.42. The van der Waals surface area contributed by atoms with E-state index in [9.17, 15) is 9.00 Å². The van der Waals surface area contributed by atoms with E-state index in [1.807, 2.05) is 32.0 Å². The second kappa shape index (κ2) is 6.83. The van der Waals surface area contributed by atoms with Gasteiger partial charge in [-0.2, -0.15) is 0 Å². The van der Waals surface area contributed by atoms with Gasteiger partial charge in [-0.15, -0.1) is 0 Å². The van der Waals surface area contributed by atoms with Crippen LogP contribution in [0.15, 0.2) is 18.2 Å². The minimum Gasteiger partial charge on any atom is -0.293 e. The van der Waals surface area contributed by atoms with Crippen molar-refractivity contribution in [2.75, 3.05) is 5.75 Å². The lowest BCUT2D eigenvalue weighted by molar-refractivity contribution is 0.0992. The fourth-order valence-electron chi connectivity index (χ4n) is 1.71. The standard InChI is InChI=1S/C15H22O2S/c1-5-6-9-18(17)13(4)15(16)14-8-7-11(2)12(3)10-14/h7-8,10,13H,5-6,9H2,1-4H3. The minimum atomic E-state index is -1.06. The maximum Gasteiger partial charge on any atom is 0.178 e. The van der Waals surface area contributed by atoms with E-state index >= 15 is 0 Å². The molecule has 1 rings (SSSR count). The van der Waals surface area contributed by atoms with Gasteiger partial charge >= 0.3 is 0 Å². The number of benzene rings is 1. The van der Waals surface area contributed by atoms with Crippen LogP contribution in [0.25, 0.3) is 0 Å². The highest BCUT2D eigenvalue weighted by Crippen LogP contribution is 2.14. The largest absolute Gasteiger partial charge is 0.293 e. The van der Waals surface area contributed by atoms with Gasteiger partial charge in [-0.3, -0.25) is 9.00 Å². The Morgan fingerprint density at radius 1 is 1.28 bits per heavy atom. The summed E-state index contributed by atoms with van der Waals surface area (Å²) in [6.45, 7) is 7.84. The molecule has 2 unspecified atom stereocenters. The van der Waals surface area contributed by atoms with E-state index in [0.717, 1.165) is 18.4 Å². The number of hydrogen-bond acceptors (Lipinski definition) is 2. The van der Waals surface area contributed by atoms with E-state index in [-0.39, 0.29) is 5.78 Å². The average molecular weight is 266 g/mol. The lowest BCUT2D eigenvalue weighted by Crippen LogP contribution is -2.24. The molecule has 0 amide bonds. The van der Waals surface area contributed by atoms with Crippen LogP contribution in [0.4, 0.5) is 0 Å². The SMILES string of the molecule is CCCCS(=O)C(C)C(=O)c1ccc(C)c(C)c1. The molecule has 1 aromatic rings. The first-order valence-electron chi connectivity index (χ1n) is 6.46. The molecule has 18 heavy (non-hydrogen) atoms. The van der Waals surface area contributed by atoms with E-state index in [1.54, 1.807) is 6.92 Å². The zero-order valence-electron chi connectivity index (χ0n) is 11.7. The number of hydrogen-bond donors (Lipinski definition) is 0. The van der Waals surface area contributed by atoms with Crippen molar-refractivity contribution in [3.63, 3.8) is 0 Å². The van der Waals surface area contributed by atoms with Gasteiger partial charge in [0.1, 0.15) is 0 Å². The van der Waals surface area contributed by atoms with Gasteiger partial charge in [0.2, 0.25) is 0 Å². The molecule has 0 heterocycles. The lowest BCUT2D eigenvalue weighted by Gasteiger charge is -2.11. The molecule has 0 aromatic heterocycles.